The van der Waals surface area contributed by atoms with E-state index in [1.54, 1.807) is 40.1 Å². The summed E-state index contributed by atoms with van der Waals surface area (Å²) >= 11 is 0. The van der Waals surface area contributed by atoms with Crippen LogP contribution >= 0.6 is 0 Å². The van der Waals surface area contributed by atoms with Crippen molar-refractivity contribution < 1.29 is 33.8 Å². The third kappa shape index (κ3) is 9.83. The van der Waals surface area contributed by atoms with Crippen molar-refractivity contribution in [2.75, 3.05) is 26.2 Å². The lowest BCUT2D eigenvalue weighted by atomic mass is 9.92. The molecule has 2 fully saturated rings. The van der Waals surface area contributed by atoms with E-state index in [-0.39, 0.29) is 24.6 Å². The number of benzene rings is 2. The van der Waals surface area contributed by atoms with Crippen LogP contribution in [0.5, 0.6) is 0 Å². The summed E-state index contributed by atoms with van der Waals surface area (Å²) in [5.74, 6) is -1.96. The Kier molecular flexibility index (Phi) is 11.5. The van der Waals surface area contributed by atoms with E-state index in [4.69, 9.17) is 4.74 Å². The van der Waals surface area contributed by atoms with Gasteiger partial charge in [-0.05, 0) is 55.7 Å². The van der Waals surface area contributed by atoms with Crippen molar-refractivity contribution in [2.24, 2.45) is 5.92 Å². The molecule has 2 heterocycles. The van der Waals surface area contributed by atoms with Gasteiger partial charge >= 0.3 is 12.1 Å². The largest absolute Gasteiger partial charge is 0.481 e. The molecule has 2 saturated heterocycles. The summed E-state index contributed by atoms with van der Waals surface area (Å²) in [6.45, 7) is 2.38. The fraction of sp³-hybridized carbons (Fsp3) is 0.469. The summed E-state index contributed by atoms with van der Waals surface area (Å²) in [6.07, 6.45) is 3.23. The van der Waals surface area contributed by atoms with Gasteiger partial charge in [0.25, 0.3) is 5.91 Å². The van der Waals surface area contributed by atoms with Crippen molar-refractivity contribution in [3.05, 3.63) is 71.8 Å². The van der Waals surface area contributed by atoms with Crippen molar-refractivity contribution in [3.63, 3.8) is 0 Å². The Morgan fingerprint density at radius 3 is 2.23 bits per heavy atom. The highest BCUT2D eigenvalue weighted by molar-refractivity contribution is 5.98. The summed E-state index contributed by atoms with van der Waals surface area (Å²) < 4.78 is 5.44. The molecular formula is C32H40N4O7. The van der Waals surface area contributed by atoms with Crippen molar-refractivity contribution in [1.82, 2.24) is 20.4 Å². The zero-order valence-electron chi connectivity index (χ0n) is 24.3. The Morgan fingerprint density at radius 1 is 0.884 bits per heavy atom. The Hall–Kier alpha value is -4.41. The predicted octanol–water partition coefficient (Wildman–Crippen LogP) is 3.20. The van der Waals surface area contributed by atoms with Crippen molar-refractivity contribution in [3.8, 4) is 0 Å². The minimum atomic E-state index is -1.24. The Balaban J connectivity index is 1.18. The highest BCUT2D eigenvalue weighted by Crippen LogP contribution is 2.24. The highest BCUT2D eigenvalue weighted by Gasteiger charge is 2.30. The number of aliphatic carboxylic acids is 1. The Morgan fingerprint density at radius 2 is 1.56 bits per heavy atom. The lowest BCUT2D eigenvalue weighted by Crippen LogP contribution is -2.55. The van der Waals surface area contributed by atoms with Gasteiger partial charge in [-0.15, -0.1) is 0 Å². The first-order valence-electron chi connectivity index (χ1n) is 14.9. The van der Waals surface area contributed by atoms with Crippen molar-refractivity contribution in [1.29, 1.82) is 0 Å². The summed E-state index contributed by atoms with van der Waals surface area (Å²) in [7, 11) is 0. The number of carbonyl (C=O) groups excluding carboxylic acids is 4. The quantitative estimate of drug-likeness (QED) is 0.363. The molecule has 0 spiro atoms. The number of piperidine rings is 2. The van der Waals surface area contributed by atoms with Gasteiger partial charge in [0.05, 0.1) is 6.42 Å². The number of likely N-dealkylation sites (tertiary alicyclic amines) is 2. The van der Waals surface area contributed by atoms with E-state index >= 15 is 0 Å². The number of amides is 4. The number of rotatable bonds is 11. The molecule has 1 unspecified atom stereocenters. The Bertz CT molecular complexity index is 1250. The van der Waals surface area contributed by atoms with Gasteiger partial charge < -0.3 is 30.3 Å². The second-order valence-corrected chi connectivity index (χ2v) is 11.2. The Labute approximate surface area is 251 Å². The second-order valence-electron chi connectivity index (χ2n) is 11.2. The minimum Gasteiger partial charge on any atom is -0.481 e. The van der Waals surface area contributed by atoms with E-state index in [0.29, 0.717) is 56.9 Å². The van der Waals surface area contributed by atoms with Crippen LogP contribution in [-0.2, 0) is 25.7 Å². The van der Waals surface area contributed by atoms with Crippen LogP contribution in [0.25, 0.3) is 0 Å². The van der Waals surface area contributed by atoms with Gasteiger partial charge in [0.1, 0.15) is 12.6 Å². The maximum absolute atomic E-state index is 13.0. The molecule has 11 heteroatoms. The zero-order valence-corrected chi connectivity index (χ0v) is 24.3. The van der Waals surface area contributed by atoms with Gasteiger partial charge in [-0.25, -0.2) is 4.79 Å². The number of ether oxygens (including phenoxy) is 1. The fourth-order valence-corrected chi connectivity index (χ4v) is 5.54. The molecule has 230 valence electrons. The maximum atomic E-state index is 13.0. The molecule has 0 aliphatic carbocycles. The molecule has 43 heavy (non-hydrogen) atoms. The van der Waals surface area contributed by atoms with Crippen LogP contribution in [0.4, 0.5) is 4.79 Å². The van der Waals surface area contributed by atoms with E-state index < -0.39 is 30.2 Å². The summed E-state index contributed by atoms with van der Waals surface area (Å²) in [5, 5.41) is 14.7. The molecule has 0 radical (unpaired) electrons. The number of hydrogen-bond donors (Lipinski definition) is 3. The average Bonchev–Trinajstić information content (AvgIpc) is 3.03. The lowest BCUT2D eigenvalue weighted by Gasteiger charge is -2.35. The van der Waals surface area contributed by atoms with Crippen LogP contribution < -0.4 is 10.6 Å². The van der Waals surface area contributed by atoms with Crippen molar-refractivity contribution in [2.45, 2.75) is 63.6 Å². The molecule has 3 N–H and O–H groups in total. The topological polar surface area (TPSA) is 145 Å². The molecule has 11 nitrogen and oxygen atoms in total. The van der Waals surface area contributed by atoms with Gasteiger partial charge in [-0.2, -0.15) is 0 Å². The van der Waals surface area contributed by atoms with Crippen LogP contribution in [0.2, 0.25) is 0 Å². The standard InChI is InChI=1S/C32H40N4O7/c37-28(14-13-23-15-18-35(19-16-23)32(42)43-22-24-8-3-1-4-9-24)36-17-7-12-26(21-36)33-31(41)27(20-29(38)39)34-30(40)25-10-5-2-6-11-25/h1-6,8-11,23,26-27H,7,12-22H2,(H,33,41)(H,34,40)(H,38,39)/t26?,27-/m0/s1. The SMILES string of the molecule is O=C(O)C[C@H](NC(=O)c1ccccc1)C(=O)NC1CCCN(C(=O)CCC2CCN(C(=O)OCc3ccccc3)CC2)C1. The van der Waals surface area contributed by atoms with E-state index in [1.807, 2.05) is 30.3 Å². The molecule has 4 rings (SSSR count). The van der Waals surface area contributed by atoms with Crippen molar-refractivity contribution >= 4 is 29.8 Å². The molecule has 4 amide bonds. The molecule has 2 aromatic rings. The molecule has 0 saturated carbocycles. The molecule has 2 aromatic carbocycles. The monoisotopic (exact) mass is 592 g/mol. The molecule has 2 aliphatic heterocycles. The number of carboxylic acid groups (broad SMARTS) is 1. The van der Waals surface area contributed by atoms with Crippen LogP contribution in [0, 0.1) is 5.92 Å². The third-order valence-corrected chi connectivity index (χ3v) is 8.00. The van der Waals surface area contributed by atoms with E-state index in [1.165, 1.54) is 0 Å². The molecule has 2 aliphatic rings. The van der Waals surface area contributed by atoms with Gasteiger partial charge in [-0.3, -0.25) is 19.2 Å². The van der Waals surface area contributed by atoms with Gasteiger partial charge in [0.2, 0.25) is 11.8 Å². The van der Waals surface area contributed by atoms with Crippen LogP contribution in [-0.4, -0.2) is 83.0 Å². The summed E-state index contributed by atoms with van der Waals surface area (Å²) in [6, 6.07) is 16.3. The third-order valence-electron chi connectivity index (χ3n) is 8.00. The number of nitrogens with zero attached hydrogens (tertiary/aromatic N) is 2. The molecule has 0 bridgehead atoms. The van der Waals surface area contributed by atoms with E-state index in [9.17, 15) is 29.1 Å². The number of carbonyl (C=O) groups is 5. The minimum absolute atomic E-state index is 0.0168. The van der Waals surface area contributed by atoms with Gasteiger partial charge in [0.15, 0.2) is 0 Å². The van der Waals surface area contributed by atoms with Crippen LogP contribution in [0.3, 0.4) is 0 Å². The van der Waals surface area contributed by atoms with Gasteiger partial charge in [-0.1, -0.05) is 48.5 Å². The molecule has 2 atom stereocenters. The van der Waals surface area contributed by atoms with Crippen LogP contribution in [0.15, 0.2) is 60.7 Å². The second kappa shape index (κ2) is 15.7. The summed E-state index contributed by atoms with van der Waals surface area (Å²) in [4.78, 5) is 65.9. The number of hydrogen-bond acceptors (Lipinski definition) is 6. The van der Waals surface area contributed by atoms with E-state index in [2.05, 4.69) is 10.6 Å². The number of carboxylic acids is 1. The molecule has 0 aromatic heterocycles. The fourth-order valence-electron chi connectivity index (χ4n) is 5.54. The first-order valence-corrected chi connectivity index (χ1v) is 14.9. The van der Waals surface area contributed by atoms with E-state index in [0.717, 1.165) is 24.8 Å². The predicted molar refractivity (Wildman–Crippen MR) is 158 cm³/mol. The zero-order chi connectivity index (χ0) is 30.6. The highest BCUT2D eigenvalue weighted by atomic mass is 16.6. The first-order chi connectivity index (χ1) is 20.8. The smallest absolute Gasteiger partial charge is 0.410 e. The van der Waals surface area contributed by atoms with Crippen LogP contribution in [0.1, 0.15) is 60.9 Å². The first kappa shape index (κ1) is 31.5. The van der Waals surface area contributed by atoms with Gasteiger partial charge in [0, 0.05) is 44.2 Å². The summed E-state index contributed by atoms with van der Waals surface area (Å²) in [5.41, 5.74) is 1.27. The normalized spacial score (nSPS) is 17.9. The molecular weight excluding hydrogens is 552 g/mol. The lowest BCUT2D eigenvalue weighted by molar-refractivity contribution is -0.140. The number of nitrogens with one attached hydrogen (secondary N) is 2. The average molecular weight is 593 g/mol. The maximum Gasteiger partial charge on any atom is 0.410 e.